The van der Waals surface area contributed by atoms with E-state index in [2.05, 4.69) is 26.0 Å². The lowest BCUT2D eigenvalue weighted by Crippen LogP contribution is -2.14. The van der Waals surface area contributed by atoms with Crippen LogP contribution in [-0.4, -0.2) is 47.8 Å². The summed E-state index contributed by atoms with van der Waals surface area (Å²) in [5.41, 5.74) is 2.27. The normalized spacial score (nSPS) is 15.8. The van der Waals surface area contributed by atoms with Gasteiger partial charge < -0.3 is 37.9 Å². The van der Waals surface area contributed by atoms with Gasteiger partial charge in [-0.3, -0.25) is 38.4 Å². The van der Waals surface area contributed by atoms with Crippen molar-refractivity contribution in [3.63, 3.8) is 0 Å². The first kappa shape index (κ1) is 94.4. The zero-order valence-corrected chi connectivity index (χ0v) is 77.7. The van der Waals surface area contributed by atoms with Crippen LogP contribution in [0.4, 0.5) is 0 Å². The van der Waals surface area contributed by atoms with Crippen molar-refractivity contribution in [3.8, 4) is 46.0 Å². The highest BCUT2D eigenvalue weighted by molar-refractivity contribution is 6.32. The predicted molar refractivity (Wildman–Crippen MR) is 522 cm³/mol. The fourth-order valence-corrected chi connectivity index (χ4v) is 21.3. The van der Waals surface area contributed by atoms with Gasteiger partial charge >= 0.3 is 47.8 Å². The number of hydrogen-bond donors (Lipinski definition) is 0. The van der Waals surface area contributed by atoms with Crippen molar-refractivity contribution in [2.75, 3.05) is 0 Å². The topological polar surface area (TPSA) is 210 Å². The number of aryl methyl sites for hydroxylation is 2. The minimum Gasteiger partial charge on any atom is -0.425 e. The number of carbonyl (C=O) groups is 8. The van der Waals surface area contributed by atoms with E-state index < -0.39 is 0 Å². The SMILES string of the molecule is CCc1ccc2c(OC(=O)CCC3CCCCC3)c3ccccc3c(OC(=O)CCC3CCCCC3)c2c1.CCc1ccc2c(OC(C)=O)c3ccccc3c(OC(C)=O)c2c1.O=C(CCC1CCCC1)Oc1c2ccccc2c(OC(=O)CCC2CCCC2)c2cc(Cl)ccc12.O=C(CCC1CCCC1)Oc1c2ccccc2c(OC(=O)CCC2CCCC2)c2ccccc12. The lowest BCUT2D eigenvalue weighted by Gasteiger charge is -2.22. The molecule has 16 nitrogen and oxygen atoms in total. The van der Waals surface area contributed by atoms with Crippen LogP contribution in [-0.2, 0) is 51.2 Å². The number of fused-ring (bicyclic) bond motifs is 8. The van der Waals surface area contributed by atoms with Crippen LogP contribution in [0, 0.1) is 35.5 Å². The zero-order valence-electron chi connectivity index (χ0n) is 76.9. The highest BCUT2D eigenvalue weighted by Gasteiger charge is 2.30. The first-order valence-electron chi connectivity index (χ1n) is 49.0. The van der Waals surface area contributed by atoms with Crippen LogP contribution in [0.5, 0.6) is 46.0 Å². The molecule has 0 radical (unpaired) electrons. The number of halogens is 1. The van der Waals surface area contributed by atoms with E-state index in [1.165, 1.54) is 181 Å². The summed E-state index contributed by atoms with van der Waals surface area (Å²) in [4.78, 5) is 101. The largest absolute Gasteiger partial charge is 0.425 e. The maximum absolute atomic E-state index is 13.1. The van der Waals surface area contributed by atoms with Gasteiger partial charge in [0.25, 0.3) is 0 Å². The van der Waals surface area contributed by atoms with Crippen molar-refractivity contribution < 1.29 is 76.3 Å². The molecule has 131 heavy (non-hydrogen) atoms. The Kier molecular flexibility index (Phi) is 33.3. The van der Waals surface area contributed by atoms with Gasteiger partial charge in [0.15, 0.2) is 0 Å². The molecule has 0 N–H and O–H groups in total. The van der Waals surface area contributed by atoms with Gasteiger partial charge in [-0.05, 0) is 128 Å². The smallest absolute Gasteiger partial charge is 0.311 e. The van der Waals surface area contributed by atoms with Gasteiger partial charge in [0, 0.05) is 144 Å². The van der Waals surface area contributed by atoms with Crippen molar-refractivity contribution in [1.82, 2.24) is 0 Å². The lowest BCUT2D eigenvalue weighted by molar-refractivity contribution is -0.135. The van der Waals surface area contributed by atoms with Crippen molar-refractivity contribution in [2.45, 2.75) is 285 Å². The summed E-state index contributed by atoms with van der Waals surface area (Å²) in [6.07, 6.45) is 42.0. The van der Waals surface area contributed by atoms with Gasteiger partial charge in [-0.2, -0.15) is 0 Å². The monoisotopic (exact) mass is 1790 g/mol. The molecule has 686 valence electrons. The van der Waals surface area contributed by atoms with Crippen LogP contribution in [0.2, 0.25) is 5.02 Å². The molecule has 6 aliphatic carbocycles. The Labute approximate surface area is 775 Å². The average molecular weight is 1790 g/mol. The van der Waals surface area contributed by atoms with Crippen LogP contribution >= 0.6 is 11.6 Å². The molecule has 0 saturated heterocycles. The number of rotatable bonds is 28. The van der Waals surface area contributed by atoms with E-state index in [4.69, 9.17) is 49.5 Å². The maximum atomic E-state index is 13.1. The molecule has 0 atom stereocenters. The molecule has 17 heteroatoms. The quantitative estimate of drug-likeness (QED) is 0.0253. The zero-order chi connectivity index (χ0) is 91.1. The predicted octanol–water partition coefficient (Wildman–Crippen LogP) is 29.6. The number of hydrogen-bond acceptors (Lipinski definition) is 16. The van der Waals surface area contributed by atoms with E-state index in [1.807, 2.05) is 152 Å². The number of ether oxygens (including phenoxy) is 8. The molecule has 6 aliphatic rings. The molecule has 0 aliphatic heterocycles. The summed E-state index contributed by atoms with van der Waals surface area (Å²) in [6, 6.07) is 55.9. The van der Waals surface area contributed by atoms with Crippen molar-refractivity contribution in [3.05, 3.63) is 192 Å². The van der Waals surface area contributed by atoms with Crippen LogP contribution in [0.1, 0.15) is 283 Å². The van der Waals surface area contributed by atoms with E-state index >= 15 is 0 Å². The van der Waals surface area contributed by atoms with Crippen LogP contribution < -0.4 is 37.9 Å². The second-order valence-corrected chi connectivity index (χ2v) is 37.8. The summed E-state index contributed by atoms with van der Waals surface area (Å²) < 4.78 is 47.2. The molecule has 6 fully saturated rings. The third kappa shape index (κ3) is 24.6. The maximum Gasteiger partial charge on any atom is 0.311 e. The summed E-state index contributed by atoms with van der Waals surface area (Å²) in [7, 11) is 0. The number of carbonyl (C=O) groups excluding carboxylic acids is 8. The second-order valence-electron chi connectivity index (χ2n) is 37.4. The van der Waals surface area contributed by atoms with E-state index in [0.29, 0.717) is 130 Å². The molecule has 0 aromatic heterocycles. The van der Waals surface area contributed by atoms with Gasteiger partial charge in [-0.15, -0.1) is 0 Å². The number of esters is 8. The van der Waals surface area contributed by atoms with Crippen LogP contribution in [0.25, 0.3) is 86.2 Å². The standard InChI is InChI=1S/C34H42O4.C30H33ClO4.C30H34O4.C20H18O4/c1-2-24-17-20-29-30(23-24)34(38-32(36)22-19-26-13-7-4-8-14-26)28-16-10-9-15-27(28)33(29)37-31(35)21-18-25-11-5-3-6-12-25;31-22-15-16-25-26(19-22)30(35-28(33)18-14-21-9-3-4-10-21)24-12-6-5-11-23(24)29(25)34-27(32)17-13-20-7-1-2-8-20;31-27(19-17-21-9-1-2-10-21)33-29-23-13-5-7-15-25(23)30(26-16-8-6-14-24(26)29)34-28(32)20-18-22-11-3-4-12-22;1-4-14-9-10-17-18(11-14)20(24-13(3)22)16-8-6-5-7-15(16)19(17)23-12(2)21/h9-10,15-17,20,23,25-26H,2-8,11-14,18-19,21-22H2,1H3;5-6,11-12,15-16,19-21H,1-4,7-10,13-14,17-18H2;5-8,13-16,21-22H,1-4,9-12,17-20H2;5-11H,4H2,1-3H3. The van der Waals surface area contributed by atoms with Crippen molar-refractivity contribution in [1.29, 1.82) is 0 Å². The molecule has 12 aromatic rings. The van der Waals surface area contributed by atoms with Gasteiger partial charge in [0.05, 0.1) is 0 Å². The van der Waals surface area contributed by atoms with E-state index in [9.17, 15) is 38.4 Å². The molecule has 18 rings (SSSR count). The Bertz CT molecular complexity index is 5940. The summed E-state index contributed by atoms with van der Waals surface area (Å²) in [6.45, 7) is 6.93. The van der Waals surface area contributed by atoms with Crippen LogP contribution in [0.3, 0.4) is 0 Å². The molecule has 0 bridgehead atoms. The Hall–Kier alpha value is -11.2. The van der Waals surface area contributed by atoms with Gasteiger partial charge in [-0.25, -0.2) is 0 Å². The van der Waals surface area contributed by atoms with E-state index in [-0.39, 0.29) is 47.8 Å². The second kappa shape index (κ2) is 46.2. The molecular weight excluding hydrogens is 1660 g/mol. The molecule has 0 heterocycles. The molecule has 0 unspecified atom stereocenters. The summed E-state index contributed by atoms with van der Waals surface area (Å²) in [5.74, 6) is 6.11. The highest BCUT2D eigenvalue weighted by Crippen LogP contribution is 2.50. The Balaban J connectivity index is 0.000000135. The third-order valence-corrected chi connectivity index (χ3v) is 28.4. The molecule has 6 saturated carbocycles. The highest BCUT2D eigenvalue weighted by atomic mass is 35.5. The number of benzene rings is 12. The average Bonchev–Trinajstić information content (AvgIpc) is 1.40. The van der Waals surface area contributed by atoms with Crippen LogP contribution in [0.15, 0.2) is 176 Å². The minimum absolute atomic E-state index is 0.179. The Morgan fingerprint density at radius 3 is 0.618 bits per heavy atom. The lowest BCUT2D eigenvalue weighted by atomic mass is 9.86. The summed E-state index contributed by atoms with van der Waals surface area (Å²) >= 11 is 6.36. The molecule has 0 amide bonds. The van der Waals surface area contributed by atoms with Gasteiger partial charge in [0.2, 0.25) is 0 Å². The Morgan fingerprint density at radius 1 is 0.229 bits per heavy atom. The minimum atomic E-state index is -0.388. The van der Waals surface area contributed by atoms with E-state index in [1.54, 1.807) is 12.1 Å². The first-order chi connectivity index (χ1) is 63.9. The molecule has 12 aromatic carbocycles. The third-order valence-electron chi connectivity index (χ3n) is 28.2. The molecule has 0 spiro atoms. The van der Waals surface area contributed by atoms with Gasteiger partial charge in [0.1, 0.15) is 46.0 Å². The fraction of sp³-hybridized carbons (Fsp3) is 0.439. The molecular formula is C114H127ClO16. The first-order valence-corrected chi connectivity index (χ1v) is 49.4. The van der Waals surface area contributed by atoms with Crippen molar-refractivity contribution >= 4 is 146 Å². The fourth-order valence-electron chi connectivity index (χ4n) is 21.1. The Morgan fingerprint density at radius 2 is 0.405 bits per heavy atom. The van der Waals surface area contributed by atoms with Crippen molar-refractivity contribution in [2.24, 2.45) is 35.5 Å². The van der Waals surface area contributed by atoms with E-state index in [0.717, 1.165) is 143 Å². The summed E-state index contributed by atoms with van der Waals surface area (Å²) in [5, 5.41) is 12.9. The van der Waals surface area contributed by atoms with Gasteiger partial charge in [-0.1, -0.05) is 338 Å².